The van der Waals surface area contributed by atoms with Gasteiger partial charge in [-0.3, -0.25) is 9.78 Å². The van der Waals surface area contributed by atoms with Crippen molar-refractivity contribution in [1.29, 1.82) is 0 Å². The Bertz CT molecular complexity index is 1240. The molecule has 35 heavy (non-hydrogen) atoms. The molecule has 0 bridgehead atoms. The molecule has 3 aromatic rings. The van der Waals surface area contributed by atoms with Crippen molar-refractivity contribution in [3.8, 4) is 23.0 Å². The summed E-state index contributed by atoms with van der Waals surface area (Å²) in [7, 11) is 1.48. The summed E-state index contributed by atoms with van der Waals surface area (Å²) in [5.41, 5.74) is 2.11. The fourth-order valence-corrected chi connectivity index (χ4v) is 3.47. The van der Waals surface area contributed by atoms with E-state index in [1.165, 1.54) is 7.11 Å². The lowest BCUT2D eigenvalue weighted by atomic mass is 10.1. The van der Waals surface area contributed by atoms with Gasteiger partial charge in [-0.05, 0) is 55.7 Å². The second kappa shape index (κ2) is 10.5. The van der Waals surface area contributed by atoms with E-state index in [4.69, 9.17) is 19.3 Å². The Morgan fingerprint density at radius 1 is 1.14 bits per heavy atom. The number of rotatable bonds is 10. The number of nitrogens with one attached hydrogen (secondary N) is 2. The van der Waals surface area contributed by atoms with E-state index < -0.39 is 18.5 Å². The van der Waals surface area contributed by atoms with Crippen molar-refractivity contribution in [3.05, 3.63) is 48.2 Å². The molecule has 1 unspecified atom stereocenters. The smallest absolute Gasteiger partial charge is 0.319 e. The summed E-state index contributed by atoms with van der Waals surface area (Å²) < 4.78 is 17.1. The van der Waals surface area contributed by atoms with Gasteiger partial charge in [0, 0.05) is 29.4 Å². The number of aliphatic hydroxyl groups excluding tert-OH is 1. The van der Waals surface area contributed by atoms with Crippen LogP contribution in [-0.2, 0) is 4.79 Å². The number of benzene rings is 2. The van der Waals surface area contributed by atoms with Crippen molar-refractivity contribution < 1.29 is 34.0 Å². The number of carbonyl (C=O) groups is 2. The van der Waals surface area contributed by atoms with Gasteiger partial charge in [-0.25, -0.2) is 4.79 Å². The van der Waals surface area contributed by atoms with Gasteiger partial charge >= 0.3 is 12.0 Å². The lowest BCUT2D eigenvalue weighted by Gasteiger charge is -2.16. The minimum atomic E-state index is -1.16. The molecule has 1 atom stereocenters. The number of hydrogen-bond donors (Lipinski definition) is 4. The normalized spacial score (nSPS) is 13.7. The molecular formula is C25H27N3O7. The molecule has 4 rings (SSSR count). The summed E-state index contributed by atoms with van der Waals surface area (Å²) >= 11 is 0. The summed E-state index contributed by atoms with van der Waals surface area (Å²) in [4.78, 5) is 27.1. The first kappa shape index (κ1) is 24.1. The van der Waals surface area contributed by atoms with Gasteiger partial charge < -0.3 is 35.1 Å². The molecule has 1 fully saturated rings. The van der Waals surface area contributed by atoms with Crippen molar-refractivity contribution >= 4 is 28.6 Å². The Kier molecular flexibility index (Phi) is 7.21. The summed E-state index contributed by atoms with van der Waals surface area (Å²) in [6, 6.07) is 10.5. The average Bonchev–Trinajstić information content (AvgIpc) is 3.62. The summed E-state index contributed by atoms with van der Waals surface area (Å²) in [5, 5.41) is 25.0. The number of carbonyl (C=O) groups excluding carboxylic acids is 1. The zero-order valence-corrected chi connectivity index (χ0v) is 19.4. The number of carboxylic acids is 1. The first-order chi connectivity index (χ1) is 16.8. The highest BCUT2D eigenvalue weighted by molar-refractivity contribution is 5.91. The molecule has 1 heterocycles. The number of hydrogen-bond acceptors (Lipinski definition) is 7. The largest absolute Gasteiger partial charge is 0.493 e. The fraction of sp³-hybridized carbons (Fsp3) is 0.320. The highest BCUT2D eigenvalue weighted by atomic mass is 16.5. The zero-order valence-electron chi connectivity index (χ0n) is 19.4. The monoisotopic (exact) mass is 481 g/mol. The van der Waals surface area contributed by atoms with Crippen LogP contribution in [0.25, 0.3) is 10.9 Å². The third-order valence-electron chi connectivity index (χ3n) is 5.41. The van der Waals surface area contributed by atoms with Crippen LogP contribution in [0.15, 0.2) is 42.6 Å². The molecule has 0 radical (unpaired) electrons. The fourth-order valence-electron chi connectivity index (χ4n) is 3.47. The zero-order chi connectivity index (χ0) is 24.9. The highest BCUT2D eigenvalue weighted by Crippen LogP contribution is 2.37. The third-order valence-corrected chi connectivity index (χ3v) is 5.41. The molecule has 0 spiro atoms. The van der Waals surface area contributed by atoms with Crippen LogP contribution in [0.4, 0.5) is 10.5 Å². The van der Waals surface area contributed by atoms with Crippen molar-refractivity contribution in [1.82, 2.24) is 10.3 Å². The van der Waals surface area contributed by atoms with Crippen molar-refractivity contribution in [2.45, 2.75) is 38.3 Å². The van der Waals surface area contributed by atoms with Gasteiger partial charge in [-0.15, -0.1) is 0 Å². The summed E-state index contributed by atoms with van der Waals surface area (Å²) in [6.45, 7) is 1.68. The standard InChI is InChI=1S/C25H27N3O7/c1-14-9-17(5-6-19(14)28-25(32)27-15-3-4-15)35-21-7-8-26-20-12-23(22(33-2)11-18(20)21)34-13-16(29)10-24(30)31/h5-9,11-12,15-16,29H,3-4,10,13H2,1-2H3,(H,30,31)(H2,27,28,32). The van der Waals surface area contributed by atoms with Gasteiger partial charge in [0.1, 0.15) is 18.1 Å². The van der Waals surface area contributed by atoms with Crippen LogP contribution in [0.5, 0.6) is 23.0 Å². The minimum Gasteiger partial charge on any atom is -0.493 e. The lowest BCUT2D eigenvalue weighted by Crippen LogP contribution is -2.30. The number of ether oxygens (including phenoxy) is 3. The van der Waals surface area contributed by atoms with E-state index >= 15 is 0 Å². The molecule has 0 aliphatic heterocycles. The number of nitrogens with zero attached hydrogens (tertiary/aromatic N) is 1. The van der Waals surface area contributed by atoms with Gasteiger partial charge in [0.05, 0.1) is 25.2 Å². The molecule has 1 aliphatic carbocycles. The van der Waals surface area contributed by atoms with Crippen LogP contribution < -0.4 is 24.8 Å². The molecule has 1 aromatic heterocycles. The van der Waals surface area contributed by atoms with E-state index in [1.807, 2.05) is 13.0 Å². The van der Waals surface area contributed by atoms with E-state index in [9.17, 15) is 14.7 Å². The number of pyridine rings is 1. The summed E-state index contributed by atoms with van der Waals surface area (Å²) in [6.07, 6.45) is 2.05. The molecule has 1 aliphatic rings. The number of amides is 2. The van der Waals surface area contributed by atoms with Crippen LogP contribution in [-0.4, -0.2) is 53.1 Å². The van der Waals surface area contributed by atoms with Crippen molar-refractivity contribution in [2.75, 3.05) is 19.0 Å². The van der Waals surface area contributed by atoms with E-state index in [0.717, 1.165) is 18.4 Å². The number of aryl methyl sites for hydroxylation is 1. The second-order valence-corrected chi connectivity index (χ2v) is 8.34. The molecule has 2 amide bonds. The van der Waals surface area contributed by atoms with Gasteiger partial charge in [0.25, 0.3) is 0 Å². The Labute approximate surface area is 201 Å². The van der Waals surface area contributed by atoms with E-state index in [1.54, 1.807) is 36.5 Å². The Balaban J connectivity index is 1.51. The maximum atomic E-state index is 12.0. The maximum Gasteiger partial charge on any atom is 0.319 e. The second-order valence-electron chi connectivity index (χ2n) is 8.34. The number of fused-ring (bicyclic) bond motifs is 1. The van der Waals surface area contributed by atoms with Crippen LogP contribution in [0.1, 0.15) is 24.8 Å². The third kappa shape index (κ3) is 6.30. The van der Waals surface area contributed by atoms with E-state index in [2.05, 4.69) is 15.6 Å². The minimum absolute atomic E-state index is 0.206. The van der Waals surface area contributed by atoms with Gasteiger partial charge in [-0.1, -0.05) is 0 Å². The molecule has 0 saturated heterocycles. The van der Waals surface area contributed by atoms with Gasteiger partial charge in [0.15, 0.2) is 11.5 Å². The Morgan fingerprint density at radius 2 is 1.94 bits per heavy atom. The molecule has 4 N–H and O–H groups in total. The van der Waals surface area contributed by atoms with E-state index in [-0.39, 0.29) is 18.7 Å². The number of aromatic nitrogens is 1. The molecular weight excluding hydrogens is 454 g/mol. The summed E-state index contributed by atoms with van der Waals surface area (Å²) in [5.74, 6) is 0.715. The first-order valence-electron chi connectivity index (χ1n) is 11.2. The van der Waals surface area contributed by atoms with Gasteiger partial charge in [-0.2, -0.15) is 0 Å². The van der Waals surface area contributed by atoms with Gasteiger partial charge in [0.2, 0.25) is 0 Å². The molecule has 2 aromatic carbocycles. The Morgan fingerprint density at radius 3 is 2.63 bits per heavy atom. The lowest BCUT2D eigenvalue weighted by molar-refractivity contribution is -0.139. The number of carboxylic acid groups (broad SMARTS) is 1. The number of aliphatic carboxylic acids is 1. The van der Waals surface area contributed by atoms with Crippen molar-refractivity contribution in [3.63, 3.8) is 0 Å². The van der Waals surface area contributed by atoms with Crippen LogP contribution in [0, 0.1) is 6.92 Å². The number of methoxy groups -OCH3 is 1. The molecule has 10 nitrogen and oxygen atoms in total. The Hall–Kier alpha value is -4.05. The van der Waals surface area contributed by atoms with E-state index in [0.29, 0.717) is 39.6 Å². The average molecular weight is 482 g/mol. The first-order valence-corrected chi connectivity index (χ1v) is 11.2. The predicted molar refractivity (Wildman–Crippen MR) is 128 cm³/mol. The molecule has 184 valence electrons. The van der Waals surface area contributed by atoms with Crippen LogP contribution in [0.3, 0.4) is 0 Å². The van der Waals surface area contributed by atoms with Crippen LogP contribution in [0.2, 0.25) is 0 Å². The quantitative estimate of drug-likeness (QED) is 0.343. The maximum absolute atomic E-state index is 12.0. The topological polar surface area (TPSA) is 139 Å². The predicted octanol–water partition coefficient (Wildman–Crippen LogP) is 3.84. The number of urea groups is 1. The van der Waals surface area contributed by atoms with Crippen LogP contribution >= 0.6 is 0 Å². The number of aliphatic hydroxyl groups is 1. The molecule has 10 heteroatoms. The van der Waals surface area contributed by atoms with Crippen molar-refractivity contribution in [2.24, 2.45) is 0 Å². The molecule has 1 saturated carbocycles. The highest BCUT2D eigenvalue weighted by Gasteiger charge is 2.23. The number of anilines is 1. The SMILES string of the molecule is COc1cc2c(Oc3ccc(NC(=O)NC4CC4)c(C)c3)ccnc2cc1OCC(O)CC(=O)O.